The molecule has 7 heteroatoms. The molecule has 0 rings (SSSR count). The Morgan fingerprint density at radius 1 is 0.955 bits per heavy atom. The normalized spacial score (nSPS) is 12.7. The van der Waals surface area contributed by atoms with Crippen molar-refractivity contribution in [3.8, 4) is 0 Å². The lowest BCUT2D eigenvalue weighted by Crippen LogP contribution is -2.39. The van der Waals surface area contributed by atoms with Gasteiger partial charge in [-0.3, -0.25) is 4.99 Å². The van der Waals surface area contributed by atoms with Crippen molar-refractivity contribution in [1.82, 2.24) is 15.4 Å². The zero-order valence-electron chi connectivity index (χ0n) is 14.6. The van der Waals surface area contributed by atoms with Crippen molar-refractivity contribution >= 4 is 16.0 Å². The first kappa shape index (κ1) is 21.2. The smallest absolute Gasteiger partial charge is 0.208 e. The number of hydrogen-bond acceptors (Lipinski definition) is 3. The van der Waals surface area contributed by atoms with Gasteiger partial charge in [0.15, 0.2) is 5.96 Å². The van der Waals surface area contributed by atoms with Crippen LogP contribution in [0.5, 0.6) is 0 Å². The summed E-state index contributed by atoms with van der Waals surface area (Å²) < 4.78 is 24.3. The SMILES string of the molecule is CN=C(NCCCCCCC(C)C)NCCCNS(C)(=O)=O. The molecule has 0 amide bonds. The molecule has 0 aliphatic heterocycles. The molecule has 0 aromatic heterocycles. The topological polar surface area (TPSA) is 82.6 Å². The van der Waals surface area contributed by atoms with E-state index in [1.807, 2.05) is 0 Å². The summed E-state index contributed by atoms with van der Waals surface area (Å²) in [6, 6.07) is 0. The van der Waals surface area contributed by atoms with Gasteiger partial charge in [-0.1, -0.05) is 39.5 Å². The summed E-state index contributed by atoms with van der Waals surface area (Å²) in [6.07, 6.45) is 8.22. The van der Waals surface area contributed by atoms with Crippen LogP contribution in [0.15, 0.2) is 4.99 Å². The summed E-state index contributed by atoms with van der Waals surface area (Å²) in [5, 5.41) is 6.45. The molecule has 0 fully saturated rings. The molecule has 0 aromatic rings. The van der Waals surface area contributed by atoms with Gasteiger partial charge >= 0.3 is 0 Å². The second-order valence-electron chi connectivity index (χ2n) is 6.04. The molecular weight excluding hydrogens is 300 g/mol. The van der Waals surface area contributed by atoms with E-state index >= 15 is 0 Å². The summed E-state index contributed by atoms with van der Waals surface area (Å²) in [4.78, 5) is 4.15. The summed E-state index contributed by atoms with van der Waals surface area (Å²) in [5.74, 6) is 1.58. The highest BCUT2D eigenvalue weighted by Crippen LogP contribution is 2.08. The largest absolute Gasteiger partial charge is 0.356 e. The molecule has 0 saturated carbocycles. The van der Waals surface area contributed by atoms with E-state index < -0.39 is 10.0 Å². The highest BCUT2D eigenvalue weighted by Gasteiger charge is 2.00. The van der Waals surface area contributed by atoms with Crippen LogP contribution in [0.3, 0.4) is 0 Å². The third-order valence-corrected chi connectivity index (χ3v) is 3.96. The first-order chi connectivity index (χ1) is 10.3. The van der Waals surface area contributed by atoms with E-state index in [1.54, 1.807) is 7.05 Å². The third-order valence-electron chi connectivity index (χ3n) is 3.23. The molecule has 0 aliphatic rings. The number of nitrogens with zero attached hydrogens (tertiary/aromatic N) is 1. The summed E-state index contributed by atoms with van der Waals surface area (Å²) in [6.45, 7) is 6.59. The standard InChI is InChI=1S/C15H34N4O2S/c1-14(2)10-7-5-6-8-11-17-15(16-3)18-12-9-13-19-22(4,20)21/h14,19H,5-13H2,1-4H3,(H2,16,17,18). The van der Waals surface area contributed by atoms with Crippen LogP contribution >= 0.6 is 0 Å². The number of rotatable bonds is 12. The van der Waals surface area contributed by atoms with Crippen LogP contribution < -0.4 is 15.4 Å². The van der Waals surface area contributed by atoms with E-state index in [2.05, 4.69) is 34.2 Å². The van der Waals surface area contributed by atoms with Gasteiger partial charge in [-0.05, 0) is 18.8 Å². The van der Waals surface area contributed by atoms with E-state index in [0.29, 0.717) is 13.1 Å². The minimum atomic E-state index is -3.08. The van der Waals surface area contributed by atoms with Gasteiger partial charge in [0.2, 0.25) is 10.0 Å². The quantitative estimate of drug-likeness (QED) is 0.288. The second kappa shape index (κ2) is 12.7. The first-order valence-electron chi connectivity index (χ1n) is 8.24. The number of guanidine groups is 1. The molecule has 0 aliphatic carbocycles. The van der Waals surface area contributed by atoms with Crippen molar-refractivity contribution in [1.29, 1.82) is 0 Å². The molecule has 0 radical (unpaired) electrons. The first-order valence-corrected chi connectivity index (χ1v) is 10.1. The van der Waals surface area contributed by atoms with Gasteiger partial charge in [0, 0.05) is 26.7 Å². The Morgan fingerprint density at radius 3 is 2.09 bits per heavy atom. The number of hydrogen-bond donors (Lipinski definition) is 3. The average Bonchev–Trinajstić information content (AvgIpc) is 2.42. The van der Waals surface area contributed by atoms with Gasteiger partial charge in [-0.2, -0.15) is 0 Å². The second-order valence-corrected chi connectivity index (χ2v) is 7.88. The Hall–Kier alpha value is -0.820. The number of sulfonamides is 1. The monoisotopic (exact) mass is 334 g/mol. The fraction of sp³-hybridized carbons (Fsp3) is 0.933. The maximum atomic E-state index is 10.9. The molecule has 22 heavy (non-hydrogen) atoms. The number of nitrogens with one attached hydrogen (secondary N) is 3. The fourth-order valence-electron chi connectivity index (χ4n) is 2.01. The predicted molar refractivity (Wildman–Crippen MR) is 94.8 cm³/mol. The van der Waals surface area contributed by atoms with E-state index in [0.717, 1.165) is 31.3 Å². The lowest BCUT2D eigenvalue weighted by Gasteiger charge is -2.12. The number of aliphatic imine (C=N–C) groups is 1. The summed E-state index contributed by atoms with van der Waals surface area (Å²) in [7, 11) is -1.34. The van der Waals surface area contributed by atoms with Gasteiger partial charge in [0.25, 0.3) is 0 Å². The molecule has 0 bridgehead atoms. The van der Waals surface area contributed by atoms with Gasteiger partial charge < -0.3 is 10.6 Å². The van der Waals surface area contributed by atoms with Crippen LogP contribution in [0.1, 0.15) is 52.4 Å². The van der Waals surface area contributed by atoms with Gasteiger partial charge in [0.05, 0.1) is 6.26 Å². The average molecular weight is 335 g/mol. The maximum absolute atomic E-state index is 10.9. The Balaban J connectivity index is 3.52. The van der Waals surface area contributed by atoms with Crippen molar-refractivity contribution in [2.24, 2.45) is 10.9 Å². The van der Waals surface area contributed by atoms with Crippen LogP contribution in [0, 0.1) is 5.92 Å². The lowest BCUT2D eigenvalue weighted by molar-refractivity contribution is 0.518. The van der Waals surface area contributed by atoms with Crippen LogP contribution in [0.25, 0.3) is 0 Å². The third kappa shape index (κ3) is 15.6. The molecule has 0 heterocycles. The molecule has 0 atom stereocenters. The zero-order chi connectivity index (χ0) is 16.8. The Labute approximate surface area is 136 Å². The van der Waals surface area contributed by atoms with Crippen molar-refractivity contribution < 1.29 is 8.42 Å². The Kier molecular flexibility index (Phi) is 12.2. The molecule has 6 nitrogen and oxygen atoms in total. The minimum absolute atomic E-state index is 0.443. The van der Waals surface area contributed by atoms with Crippen molar-refractivity contribution in [3.05, 3.63) is 0 Å². The number of unbranched alkanes of at least 4 members (excludes halogenated alkanes) is 3. The van der Waals surface area contributed by atoms with Crippen molar-refractivity contribution in [3.63, 3.8) is 0 Å². The predicted octanol–water partition coefficient (Wildman–Crippen LogP) is 1.70. The molecule has 0 spiro atoms. The molecule has 0 unspecified atom stereocenters. The van der Waals surface area contributed by atoms with E-state index in [-0.39, 0.29) is 0 Å². The molecular formula is C15H34N4O2S. The highest BCUT2D eigenvalue weighted by molar-refractivity contribution is 7.88. The maximum Gasteiger partial charge on any atom is 0.208 e. The Morgan fingerprint density at radius 2 is 1.55 bits per heavy atom. The van der Waals surface area contributed by atoms with E-state index in [4.69, 9.17) is 0 Å². The summed E-state index contributed by atoms with van der Waals surface area (Å²) in [5.41, 5.74) is 0. The van der Waals surface area contributed by atoms with Crippen molar-refractivity contribution in [2.75, 3.05) is 32.9 Å². The molecule has 132 valence electrons. The summed E-state index contributed by atoms with van der Waals surface area (Å²) >= 11 is 0. The van der Waals surface area contributed by atoms with Crippen LogP contribution in [0.4, 0.5) is 0 Å². The van der Waals surface area contributed by atoms with Gasteiger partial charge in [-0.15, -0.1) is 0 Å². The lowest BCUT2D eigenvalue weighted by atomic mass is 10.0. The molecule has 0 saturated heterocycles. The molecule has 0 aromatic carbocycles. The highest BCUT2D eigenvalue weighted by atomic mass is 32.2. The molecule has 3 N–H and O–H groups in total. The van der Waals surface area contributed by atoms with Crippen molar-refractivity contribution in [2.45, 2.75) is 52.4 Å². The van der Waals surface area contributed by atoms with Crippen LogP contribution in [0.2, 0.25) is 0 Å². The van der Waals surface area contributed by atoms with E-state index in [9.17, 15) is 8.42 Å². The van der Waals surface area contributed by atoms with Crippen LogP contribution in [-0.4, -0.2) is 47.3 Å². The van der Waals surface area contributed by atoms with Gasteiger partial charge in [-0.25, -0.2) is 13.1 Å². The Bertz CT molecular complexity index is 394. The van der Waals surface area contributed by atoms with E-state index in [1.165, 1.54) is 31.9 Å². The minimum Gasteiger partial charge on any atom is -0.356 e. The van der Waals surface area contributed by atoms with Crippen LogP contribution in [-0.2, 0) is 10.0 Å². The van der Waals surface area contributed by atoms with Gasteiger partial charge in [0.1, 0.15) is 0 Å². The fourth-order valence-corrected chi connectivity index (χ4v) is 2.53. The zero-order valence-corrected chi connectivity index (χ0v) is 15.4.